The quantitative estimate of drug-likeness (QED) is 0.597. The van der Waals surface area contributed by atoms with Crippen molar-refractivity contribution < 1.29 is 4.79 Å². The van der Waals surface area contributed by atoms with Crippen molar-refractivity contribution in [3.05, 3.63) is 11.8 Å². The highest BCUT2D eigenvalue weighted by atomic mass is 16.1. The highest BCUT2D eigenvalue weighted by Crippen LogP contribution is 2.14. The van der Waals surface area contributed by atoms with Crippen LogP contribution in [0.15, 0.2) is 22.0 Å². The Bertz CT molecular complexity index is 218. The molecular formula is C8H12N2O. The number of ketones is 1. The SMILES string of the molecule is CCC1=CC(=O)C(CC)N=N1. The second-order valence-electron chi connectivity index (χ2n) is 2.53. The first-order valence-corrected chi connectivity index (χ1v) is 3.93. The molecule has 60 valence electrons. The summed E-state index contributed by atoms with van der Waals surface area (Å²) in [6.45, 7) is 3.90. The number of azo groups is 1. The molecule has 0 amide bonds. The van der Waals surface area contributed by atoms with Crippen molar-refractivity contribution in [2.24, 2.45) is 10.2 Å². The average molecular weight is 152 g/mol. The van der Waals surface area contributed by atoms with Gasteiger partial charge in [0.05, 0.1) is 5.70 Å². The van der Waals surface area contributed by atoms with Crippen LogP contribution in [0.2, 0.25) is 0 Å². The van der Waals surface area contributed by atoms with E-state index < -0.39 is 0 Å². The van der Waals surface area contributed by atoms with Gasteiger partial charge in [-0.3, -0.25) is 4.79 Å². The third-order valence-corrected chi connectivity index (χ3v) is 1.71. The van der Waals surface area contributed by atoms with E-state index in [1.807, 2.05) is 13.8 Å². The van der Waals surface area contributed by atoms with Gasteiger partial charge in [-0.15, -0.1) is 0 Å². The lowest BCUT2D eigenvalue weighted by molar-refractivity contribution is -0.116. The van der Waals surface area contributed by atoms with E-state index in [9.17, 15) is 4.79 Å². The molecule has 3 nitrogen and oxygen atoms in total. The Morgan fingerprint density at radius 1 is 1.55 bits per heavy atom. The molecule has 11 heavy (non-hydrogen) atoms. The van der Waals surface area contributed by atoms with Crippen LogP contribution in [0.25, 0.3) is 0 Å². The molecule has 0 aromatic carbocycles. The minimum Gasteiger partial charge on any atom is -0.292 e. The lowest BCUT2D eigenvalue weighted by Gasteiger charge is -2.09. The molecular weight excluding hydrogens is 140 g/mol. The molecule has 0 aliphatic carbocycles. The first-order chi connectivity index (χ1) is 5.27. The highest BCUT2D eigenvalue weighted by molar-refractivity contribution is 5.95. The minimum atomic E-state index is -0.217. The number of carbonyl (C=O) groups is 1. The van der Waals surface area contributed by atoms with E-state index in [2.05, 4.69) is 10.2 Å². The fourth-order valence-electron chi connectivity index (χ4n) is 0.946. The maximum atomic E-state index is 11.2. The Balaban J connectivity index is 2.71. The van der Waals surface area contributed by atoms with Crippen LogP contribution in [0.1, 0.15) is 26.7 Å². The van der Waals surface area contributed by atoms with Crippen molar-refractivity contribution in [1.82, 2.24) is 0 Å². The molecule has 1 heterocycles. The Labute approximate surface area is 66.2 Å². The number of rotatable bonds is 2. The van der Waals surface area contributed by atoms with Crippen LogP contribution in [0, 0.1) is 0 Å². The average Bonchev–Trinajstić information content (AvgIpc) is 2.04. The molecule has 0 N–H and O–H groups in total. The first-order valence-electron chi connectivity index (χ1n) is 3.93. The monoisotopic (exact) mass is 152 g/mol. The molecule has 1 rings (SSSR count). The Hall–Kier alpha value is -0.990. The topological polar surface area (TPSA) is 41.8 Å². The summed E-state index contributed by atoms with van der Waals surface area (Å²) in [4.78, 5) is 11.2. The number of carbonyl (C=O) groups excluding carboxylic acids is 1. The summed E-state index contributed by atoms with van der Waals surface area (Å²) >= 11 is 0. The van der Waals surface area contributed by atoms with Crippen molar-refractivity contribution in [2.45, 2.75) is 32.7 Å². The number of hydrogen-bond acceptors (Lipinski definition) is 3. The summed E-state index contributed by atoms with van der Waals surface area (Å²) in [6.07, 6.45) is 3.13. The predicted octanol–water partition coefficient (Wildman–Crippen LogP) is 2.09. The maximum Gasteiger partial charge on any atom is 0.183 e. The summed E-state index contributed by atoms with van der Waals surface area (Å²) in [5.74, 6) is 0.0966. The third-order valence-electron chi connectivity index (χ3n) is 1.71. The van der Waals surface area contributed by atoms with Crippen molar-refractivity contribution >= 4 is 5.78 Å². The van der Waals surface area contributed by atoms with Gasteiger partial charge in [0.1, 0.15) is 6.04 Å². The van der Waals surface area contributed by atoms with Crippen LogP contribution in [-0.2, 0) is 4.79 Å². The molecule has 0 radical (unpaired) electrons. The van der Waals surface area contributed by atoms with Gasteiger partial charge in [-0.1, -0.05) is 13.8 Å². The fourth-order valence-corrected chi connectivity index (χ4v) is 0.946. The molecule has 1 aliphatic heterocycles. The smallest absolute Gasteiger partial charge is 0.183 e. The van der Waals surface area contributed by atoms with Crippen molar-refractivity contribution in [3.63, 3.8) is 0 Å². The third kappa shape index (κ3) is 1.73. The van der Waals surface area contributed by atoms with Crippen molar-refractivity contribution in [2.75, 3.05) is 0 Å². The zero-order valence-corrected chi connectivity index (χ0v) is 6.87. The lowest BCUT2D eigenvalue weighted by atomic mass is 10.1. The second-order valence-corrected chi connectivity index (χ2v) is 2.53. The van der Waals surface area contributed by atoms with E-state index in [1.165, 1.54) is 0 Å². The summed E-state index contributed by atoms with van der Waals surface area (Å²) in [5, 5.41) is 7.80. The van der Waals surface area contributed by atoms with Gasteiger partial charge in [0.15, 0.2) is 5.78 Å². The summed E-state index contributed by atoms with van der Waals surface area (Å²) in [6, 6.07) is -0.217. The first kappa shape index (κ1) is 8.11. The van der Waals surface area contributed by atoms with E-state index in [0.717, 1.165) is 18.5 Å². The molecule has 0 aromatic heterocycles. The molecule has 1 aliphatic rings. The highest BCUT2D eigenvalue weighted by Gasteiger charge is 2.17. The second kappa shape index (κ2) is 3.42. The predicted molar refractivity (Wildman–Crippen MR) is 42.3 cm³/mol. The fraction of sp³-hybridized carbons (Fsp3) is 0.625. The molecule has 3 heteroatoms. The number of allylic oxidation sites excluding steroid dienone is 1. The van der Waals surface area contributed by atoms with Crippen molar-refractivity contribution in [3.8, 4) is 0 Å². The molecule has 1 unspecified atom stereocenters. The standard InChI is InChI=1S/C8H12N2O/c1-3-6-5-8(11)7(4-2)10-9-6/h5,7H,3-4H2,1-2H3. The lowest BCUT2D eigenvalue weighted by Crippen LogP contribution is -2.17. The van der Waals surface area contributed by atoms with E-state index >= 15 is 0 Å². The minimum absolute atomic E-state index is 0.0966. The number of hydrogen-bond donors (Lipinski definition) is 0. The molecule has 1 atom stereocenters. The van der Waals surface area contributed by atoms with Gasteiger partial charge in [0.2, 0.25) is 0 Å². The zero-order chi connectivity index (χ0) is 8.27. The summed E-state index contributed by atoms with van der Waals surface area (Å²) < 4.78 is 0. The van der Waals surface area contributed by atoms with Gasteiger partial charge in [-0.2, -0.15) is 10.2 Å². The van der Waals surface area contributed by atoms with Crippen LogP contribution in [0.5, 0.6) is 0 Å². The van der Waals surface area contributed by atoms with Gasteiger partial charge in [-0.05, 0) is 12.8 Å². The van der Waals surface area contributed by atoms with Gasteiger partial charge in [-0.25, -0.2) is 0 Å². The van der Waals surface area contributed by atoms with Gasteiger partial charge >= 0.3 is 0 Å². The van der Waals surface area contributed by atoms with Gasteiger partial charge < -0.3 is 0 Å². The van der Waals surface area contributed by atoms with Crippen LogP contribution in [0.4, 0.5) is 0 Å². The van der Waals surface area contributed by atoms with Crippen LogP contribution >= 0.6 is 0 Å². The van der Waals surface area contributed by atoms with Gasteiger partial charge in [0.25, 0.3) is 0 Å². The Morgan fingerprint density at radius 3 is 2.73 bits per heavy atom. The zero-order valence-electron chi connectivity index (χ0n) is 6.87. The van der Waals surface area contributed by atoms with Crippen molar-refractivity contribution in [1.29, 1.82) is 0 Å². The summed E-state index contributed by atoms with van der Waals surface area (Å²) in [5.41, 5.74) is 0.791. The normalized spacial score (nSPS) is 23.6. The molecule has 0 fully saturated rings. The molecule has 0 bridgehead atoms. The van der Waals surface area contributed by atoms with E-state index in [-0.39, 0.29) is 11.8 Å². The van der Waals surface area contributed by atoms with Crippen LogP contribution in [0.3, 0.4) is 0 Å². The van der Waals surface area contributed by atoms with Gasteiger partial charge in [0, 0.05) is 6.08 Å². The molecule has 0 saturated heterocycles. The maximum absolute atomic E-state index is 11.2. The van der Waals surface area contributed by atoms with Crippen LogP contribution in [-0.4, -0.2) is 11.8 Å². The number of nitrogens with zero attached hydrogens (tertiary/aromatic N) is 2. The molecule has 0 saturated carbocycles. The van der Waals surface area contributed by atoms with E-state index in [0.29, 0.717) is 0 Å². The Kier molecular flexibility index (Phi) is 2.52. The molecule has 0 spiro atoms. The van der Waals surface area contributed by atoms with E-state index in [1.54, 1.807) is 6.08 Å². The van der Waals surface area contributed by atoms with E-state index in [4.69, 9.17) is 0 Å². The summed E-state index contributed by atoms with van der Waals surface area (Å²) in [7, 11) is 0. The molecule has 0 aromatic rings. The largest absolute Gasteiger partial charge is 0.292 e. The van der Waals surface area contributed by atoms with Crippen LogP contribution < -0.4 is 0 Å². The Morgan fingerprint density at radius 2 is 2.27 bits per heavy atom.